The van der Waals surface area contributed by atoms with Gasteiger partial charge in [0.05, 0.1) is 5.75 Å². The number of hydrogen-bond acceptors (Lipinski definition) is 3. The van der Waals surface area contributed by atoms with Crippen molar-refractivity contribution in [2.75, 3.05) is 5.75 Å². The summed E-state index contributed by atoms with van der Waals surface area (Å²) >= 11 is 1.38. The first-order chi connectivity index (χ1) is 9.15. The number of nitrogens with one attached hydrogen (secondary N) is 1. The van der Waals surface area contributed by atoms with E-state index in [1.807, 2.05) is 12.1 Å². The Morgan fingerprint density at radius 3 is 2.68 bits per heavy atom. The molecule has 0 unspecified atom stereocenters. The summed E-state index contributed by atoms with van der Waals surface area (Å²) in [5.41, 5.74) is 0. The van der Waals surface area contributed by atoms with Crippen LogP contribution < -0.4 is 5.32 Å². The fourth-order valence-corrected chi connectivity index (χ4v) is 3.16. The summed E-state index contributed by atoms with van der Waals surface area (Å²) in [5, 5.41) is 12.7. The summed E-state index contributed by atoms with van der Waals surface area (Å²) in [4.78, 5) is 12.6. The van der Waals surface area contributed by atoms with E-state index in [2.05, 4.69) is 12.2 Å². The van der Waals surface area contributed by atoms with Crippen molar-refractivity contribution in [2.45, 2.75) is 43.5 Å². The molecule has 1 aliphatic carbocycles. The molecule has 0 saturated heterocycles. The lowest BCUT2D eigenvalue weighted by Gasteiger charge is -2.26. The highest BCUT2D eigenvalue weighted by molar-refractivity contribution is 8.00. The third kappa shape index (κ3) is 4.46. The maximum absolute atomic E-state index is 11.9. The molecule has 0 atom stereocenters. The van der Waals surface area contributed by atoms with E-state index in [9.17, 15) is 9.90 Å². The van der Waals surface area contributed by atoms with Crippen LogP contribution in [0.25, 0.3) is 0 Å². The van der Waals surface area contributed by atoms with Crippen LogP contribution in [0.15, 0.2) is 29.2 Å². The maximum atomic E-state index is 11.9. The molecule has 104 valence electrons. The number of phenols is 1. The number of rotatable bonds is 4. The number of para-hydroxylation sites is 1. The lowest BCUT2D eigenvalue weighted by atomic mass is 9.87. The van der Waals surface area contributed by atoms with Crippen LogP contribution in [0.1, 0.15) is 32.6 Å². The highest BCUT2D eigenvalue weighted by atomic mass is 32.2. The molecule has 0 spiro atoms. The number of carbonyl (C=O) groups is 1. The molecular weight excluding hydrogens is 258 g/mol. The van der Waals surface area contributed by atoms with E-state index < -0.39 is 0 Å². The molecule has 1 aromatic rings. The van der Waals surface area contributed by atoms with Crippen molar-refractivity contribution in [3.63, 3.8) is 0 Å². The first-order valence-corrected chi connectivity index (χ1v) is 7.84. The van der Waals surface area contributed by atoms with Gasteiger partial charge in [0.25, 0.3) is 0 Å². The molecule has 3 nitrogen and oxygen atoms in total. The van der Waals surface area contributed by atoms with Gasteiger partial charge in [-0.2, -0.15) is 0 Å². The molecule has 2 rings (SSSR count). The summed E-state index contributed by atoms with van der Waals surface area (Å²) in [6.45, 7) is 2.27. The van der Waals surface area contributed by atoms with Crippen molar-refractivity contribution >= 4 is 17.7 Å². The van der Waals surface area contributed by atoms with Crippen molar-refractivity contribution in [3.8, 4) is 5.75 Å². The number of amides is 1. The Bertz CT molecular complexity index is 428. The predicted molar refractivity (Wildman–Crippen MR) is 78.4 cm³/mol. The Hall–Kier alpha value is -1.16. The molecule has 0 heterocycles. The Morgan fingerprint density at radius 1 is 1.32 bits per heavy atom. The second kappa shape index (κ2) is 6.85. The van der Waals surface area contributed by atoms with Gasteiger partial charge in [0.15, 0.2) is 0 Å². The van der Waals surface area contributed by atoms with Crippen molar-refractivity contribution < 1.29 is 9.90 Å². The van der Waals surface area contributed by atoms with Crippen LogP contribution in [0.3, 0.4) is 0 Å². The van der Waals surface area contributed by atoms with E-state index in [1.165, 1.54) is 24.6 Å². The monoisotopic (exact) mass is 279 g/mol. The normalized spacial score (nSPS) is 23.0. The van der Waals surface area contributed by atoms with E-state index in [4.69, 9.17) is 0 Å². The summed E-state index contributed by atoms with van der Waals surface area (Å²) in [7, 11) is 0. The smallest absolute Gasteiger partial charge is 0.230 e. The SMILES string of the molecule is CC1CCC(NC(=O)CSc2ccccc2O)CC1. The fourth-order valence-electron chi connectivity index (χ4n) is 2.40. The highest BCUT2D eigenvalue weighted by Crippen LogP contribution is 2.28. The zero-order valence-corrected chi connectivity index (χ0v) is 12.1. The van der Waals surface area contributed by atoms with Gasteiger partial charge in [0.2, 0.25) is 5.91 Å². The molecule has 19 heavy (non-hydrogen) atoms. The van der Waals surface area contributed by atoms with E-state index in [0.29, 0.717) is 11.8 Å². The van der Waals surface area contributed by atoms with E-state index in [0.717, 1.165) is 23.7 Å². The Morgan fingerprint density at radius 2 is 2.00 bits per heavy atom. The van der Waals surface area contributed by atoms with Crippen LogP contribution in [-0.4, -0.2) is 22.8 Å². The van der Waals surface area contributed by atoms with E-state index in [-0.39, 0.29) is 11.7 Å². The molecule has 4 heteroatoms. The van der Waals surface area contributed by atoms with Gasteiger partial charge in [0.1, 0.15) is 5.75 Å². The lowest BCUT2D eigenvalue weighted by Crippen LogP contribution is -2.38. The molecule has 1 aliphatic rings. The Labute approximate surface area is 118 Å². The molecule has 0 bridgehead atoms. The molecule has 1 aromatic carbocycles. The molecule has 1 amide bonds. The molecule has 1 fully saturated rings. The van der Waals surface area contributed by atoms with Crippen LogP contribution in [0, 0.1) is 5.92 Å². The second-order valence-corrected chi connectivity index (χ2v) is 6.30. The molecule has 0 radical (unpaired) electrons. The Balaban J connectivity index is 1.74. The Kier molecular flexibility index (Phi) is 5.14. The maximum Gasteiger partial charge on any atom is 0.230 e. The number of hydrogen-bond donors (Lipinski definition) is 2. The summed E-state index contributed by atoms with van der Waals surface area (Å²) in [6, 6.07) is 7.46. The average molecular weight is 279 g/mol. The predicted octanol–water partition coefficient (Wildman–Crippen LogP) is 3.18. The number of thioether (sulfide) groups is 1. The lowest BCUT2D eigenvalue weighted by molar-refractivity contribution is -0.119. The number of carbonyl (C=O) groups excluding carboxylic acids is 1. The van der Waals surface area contributed by atoms with Gasteiger partial charge < -0.3 is 10.4 Å². The summed E-state index contributed by atoms with van der Waals surface area (Å²) in [5.74, 6) is 1.47. The van der Waals surface area contributed by atoms with Crippen LogP contribution in [0.5, 0.6) is 5.75 Å². The van der Waals surface area contributed by atoms with E-state index >= 15 is 0 Å². The standard InChI is InChI=1S/C15H21NO2S/c1-11-6-8-12(9-7-11)16-15(18)10-19-14-5-3-2-4-13(14)17/h2-5,11-12,17H,6-10H2,1H3,(H,16,18). The average Bonchev–Trinajstić information content (AvgIpc) is 2.40. The van der Waals surface area contributed by atoms with Gasteiger partial charge in [-0.15, -0.1) is 11.8 Å². The van der Waals surface area contributed by atoms with Crippen molar-refractivity contribution in [1.29, 1.82) is 0 Å². The van der Waals surface area contributed by atoms with Gasteiger partial charge >= 0.3 is 0 Å². The van der Waals surface area contributed by atoms with Crippen LogP contribution in [-0.2, 0) is 4.79 Å². The van der Waals surface area contributed by atoms with Gasteiger partial charge in [-0.25, -0.2) is 0 Å². The van der Waals surface area contributed by atoms with E-state index in [1.54, 1.807) is 12.1 Å². The third-order valence-electron chi connectivity index (χ3n) is 3.60. The minimum absolute atomic E-state index is 0.0628. The topological polar surface area (TPSA) is 49.3 Å². The number of benzene rings is 1. The van der Waals surface area contributed by atoms with Crippen molar-refractivity contribution in [1.82, 2.24) is 5.32 Å². The molecule has 1 saturated carbocycles. The zero-order valence-electron chi connectivity index (χ0n) is 11.3. The van der Waals surface area contributed by atoms with Gasteiger partial charge in [-0.05, 0) is 43.7 Å². The first kappa shape index (κ1) is 14.3. The minimum Gasteiger partial charge on any atom is -0.507 e. The molecular formula is C15H21NO2S. The summed E-state index contributed by atoms with van der Waals surface area (Å²) in [6.07, 6.45) is 4.59. The number of aromatic hydroxyl groups is 1. The summed E-state index contributed by atoms with van der Waals surface area (Å²) < 4.78 is 0. The quantitative estimate of drug-likeness (QED) is 0.832. The second-order valence-electron chi connectivity index (χ2n) is 5.28. The highest BCUT2D eigenvalue weighted by Gasteiger charge is 2.19. The largest absolute Gasteiger partial charge is 0.507 e. The van der Waals surface area contributed by atoms with Crippen LogP contribution in [0.4, 0.5) is 0 Å². The molecule has 0 aromatic heterocycles. The third-order valence-corrected chi connectivity index (χ3v) is 4.67. The van der Waals surface area contributed by atoms with Gasteiger partial charge in [-0.3, -0.25) is 4.79 Å². The molecule has 2 N–H and O–H groups in total. The zero-order chi connectivity index (χ0) is 13.7. The minimum atomic E-state index is 0.0628. The van der Waals surface area contributed by atoms with Crippen molar-refractivity contribution in [3.05, 3.63) is 24.3 Å². The molecule has 0 aliphatic heterocycles. The van der Waals surface area contributed by atoms with Crippen LogP contribution >= 0.6 is 11.8 Å². The van der Waals surface area contributed by atoms with Crippen LogP contribution in [0.2, 0.25) is 0 Å². The first-order valence-electron chi connectivity index (χ1n) is 6.85. The fraction of sp³-hybridized carbons (Fsp3) is 0.533. The van der Waals surface area contributed by atoms with Gasteiger partial charge in [-0.1, -0.05) is 19.1 Å². The van der Waals surface area contributed by atoms with Crippen molar-refractivity contribution in [2.24, 2.45) is 5.92 Å². The van der Waals surface area contributed by atoms with Gasteiger partial charge in [0, 0.05) is 10.9 Å². The number of phenolic OH excluding ortho intramolecular Hbond substituents is 1.